The minimum Gasteiger partial charge on any atom is -0.352 e. The molecule has 6 heteroatoms. The molecule has 0 unspecified atom stereocenters. The van der Waals surface area contributed by atoms with E-state index in [1.54, 1.807) is 18.3 Å². The Morgan fingerprint density at radius 2 is 1.92 bits per heavy atom. The van der Waals surface area contributed by atoms with Gasteiger partial charge < -0.3 is 4.98 Å². The highest BCUT2D eigenvalue weighted by molar-refractivity contribution is 7.71. The summed E-state index contributed by atoms with van der Waals surface area (Å²) in [7, 11) is 0. The Morgan fingerprint density at radius 1 is 1.20 bits per heavy atom. The van der Waals surface area contributed by atoms with Crippen molar-refractivity contribution in [3.05, 3.63) is 63.7 Å². The van der Waals surface area contributed by atoms with E-state index in [-0.39, 0.29) is 11.3 Å². The fourth-order valence-corrected chi connectivity index (χ4v) is 3.31. The van der Waals surface area contributed by atoms with E-state index >= 15 is 0 Å². The summed E-state index contributed by atoms with van der Waals surface area (Å²) >= 11 is 6.53. The second kappa shape index (κ2) is 6.90. The molecule has 128 valence electrons. The number of pyridine rings is 1. The van der Waals surface area contributed by atoms with E-state index in [1.807, 2.05) is 5.38 Å². The summed E-state index contributed by atoms with van der Waals surface area (Å²) in [4.78, 5) is 19.7. The van der Waals surface area contributed by atoms with Crippen molar-refractivity contribution in [1.29, 1.82) is 0 Å². The third kappa shape index (κ3) is 4.03. The van der Waals surface area contributed by atoms with Gasteiger partial charge in [0.25, 0.3) is 5.91 Å². The average molecular weight is 370 g/mol. The van der Waals surface area contributed by atoms with E-state index in [0.717, 1.165) is 11.3 Å². The van der Waals surface area contributed by atoms with Crippen molar-refractivity contribution in [3.63, 3.8) is 0 Å². The van der Waals surface area contributed by atoms with Gasteiger partial charge in [-0.1, -0.05) is 57.3 Å². The summed E-state index contributed by atoms with van der Waals surface area (Å²) in [6, 6.07) is 11.8. The van der Waals surface area contributed by atoms with Crippen LogP contribution in [0.3, 0.4) is 0 Å². The maximum atomic E-state index is 12.3. The monoisotopic (exact) mass is 369 g/mol. The minimum atomic E-state index is -0.258. The first kappa shape index (κ1) is 17.5. The second-order valence-electron chi connectivity index (χ2n) is 6.73. The number of amides is 1. The molecular weight excluding hydrogens is 350 g/mol. The SMILES string of the molecule is CC(C)(C)c1ccc(-c2csc(NC(=O)c3ccc[nH]c3=S)n2)cc1. The van der Waals surface area contributed by atoms with Crippen molar-refractivity contribution >= 4 is 34.6 Å². The first-order valence-corrected chi connectivity index (χ1v) is 9.19. The lowest BCUT2D eigenvalue weighted by atomic mass is 9.86. The smallest absolute Gasteiger partial charge is 0.260 e. The number of hydrogen-bond donors (Lipinski definition) is 2. The summed E-state index contributed by atoms with van der Waals surface area (Å²) in [5.74, 6) is -0.258. The summed E-state index contributed by atoms with van der Waals surface area (Å²) in [5.41, 5.74) is 3.71. The molecule has 0 atom stereocenters. The highest BCUT2D eigenvalue weighted by atomic mass is 32.1. The first-order chi connectivity index (χ1) is 11.8. The predicted molar refractivity (Wildman–Crippen MR) is 106 cm³/mol. The highest BCUT2D eigenvalue weighted by Gasteiger charge is 2.14. The Morgan fingerprint density at radius 3 is 2.56 bits per heavy atom. The number of anilines is 1. The number of hydrogen-bond acceptors (Lipinski definition) is 4. The molecule has 0 spiro atoms. The van der Waals surface area contributed by atoms with E-state index < -0.39 is 0 Å². The van der Waals surface area contributed by atoms with E-state index in [0.29, 0.717) is 15.3 Å². The largest absolute Gasteiger partial charge is 0.352 e. The van der Waals surface area contributed by atoms with Crippen LogP contribution in [0.5, 0.6) is 0 Å². The van der Waals surface area contributed by atoms with Gasteiger partial charge in [0.15, 0.2) is 5.13 Å². The fourth-order valence-electron chi connectivity index (χ4n) is 2.37. The van der Waals surface area contributed by atoms with Crippen LogP contribution < -0.4 is 5.32 Å². The third-order valence-corrected chi connectivity index (χ3v) is 4.93. The standard InChI is InChI=1S/C19H19N3OS2/c1-19(2,3)13-8-6-12(7-9-13)15-11-25-18(21-15)22-16(23)14-5-4-10-20-17(14)24/h4-11H,1-3H3,(H,20,24)(H,21,22,23). The van der Waals surface area contributed by atoms with Gasteiger partial charge >= 0.3 is 0 Å². The van der Waals surface area contributed by atoms with Gasteiger partial charge in [-0.2, -0.15) is 0 Å². The molecule has 0 fully saturated rings. The molecule has 0 aliphatic heterocycles. The number of benzene rings is 1. The molecule has 3 aromatic rings. The van der Waals surface area contributed by atoms with Gasteiger partial charge in [-0.3, -0.25) is 10.1 Å². The first-order valence-electron chi connectivity index (χ1n) is 7.90. The zero-order valence-corrected chi connectivity index (χ0v) is 15.9. The molecule has 0 bridgehead atoms. The Hall–Kier alpha value is -2.31. The Kier molecular flexibility index (Phi) is 4.83. The summed E-state index contributed by atoms with van der Waals surface area (Å²) < 4.78 is 0.412. The van der Waals surface area contributed by atoms with Gasteiger partial charge in [0.05, 0.1) is 11.3 Å². The van der Waals surface area contributed by atoms with Gasteiger partial charge in [0.2, 0.25) is 0 Å². The van der Waals surface area contributed by atoms with Gasteiger partial charge in [-0.05, 0) is 23.1 Å². The van der Waals surface area contributed by atoms with Crippen LogP contribution in [0.15, 0.2) is 48.0 Å². The summed E-state index contributed by atoms with van der Waals surface area (Å²) in [5, 5.41) is 5.30. The lowest BCUT2D eigenvalue weighted by molar-refractivity contribution is 0.102. The molecule has 25 heavy (non-hydrogen) atoms. The quantitative estimate of drug-likeness (QED) is 0.606. The van der Waals surface area contributed by atoms with E-state index in [9.17, 15) is 4.79 Å². The van der Waals surface area contributed by atoms with Gasteiger partial charge in [0, 0.05) is 17.1 Å². The number of thiazole rings is 1. The van der Waals surface area contributed by atoms with E-state index in [4.69, 9.17) is 12.2 Å². The van der Waals surface area contributed by atoms with Crippen LogP contribution in [-0.4, -0.2) is 15.9 Å². The zero-order valence-electron chi connectivity index (χ0n) is 14.3. The molecule has 4 nitrogen and oxygen atoms in total. The molecule has 1 aromatic carbocycles. The van der Waals surface area contributed by atoms with Crippen molar-refractivity contribution in [2.24, 2.45) is 0 Å². The minimum absolute atomic E-state index is 0.119. The maximum Gasteiger partial charge on any atom is 0.260 e. The van der Waals surface area contributed by atoms with Gasteiger partial charge in [-0.15, -0.1) is 11.3 Å². The van der Waals surface area contributed by atoms with Gasteiger partial charge in [-0.25, -0.2) is 4.98 Å². The van der Waals surface area contributed by atoms with Crippen molar-refractivity contribution in [3.8, 4) is 11.3 Å². The Bertz CT molecular complexity index is 950. The van der Waals surface area contributed by atoms with Crippen molar-refractivity contribution in [2.45, 2.75) is 26.2 Å². The molecule has 1 amide bonds. The van der Waals surface area contributed by atoms with Gasteiger partial charge in [0.1, 0.15) is 4.64 Å². The highest BCUT2D eigenvalue weighted by Crippen LogP contribution is 2.28. The number of H-pyrrole nitrogens is 1. The molecule has 2 heterocycles. The number of carbonyl (C=O) groups excluding carboxylic acids is 1. The number of aromatic amines is 1. The van der Waals surface area contributed by atoms with E-state index in [2.05, 4.69) is 60.3 Å². The molecule has 0 aliphatic carbocycles. The molecule has 0 saturated heterocycles. The number of rotatable bonds is 3. The van der Waals surface area contributed by atoms with Crippen LogP contribution in [0.1, 0.15) is 36.7 Å². The number of nitrogens with zero attached hydrogens (tertiary/aromatic N) is 1. The third-order valence-electron chi connectivity index (χ3n) is 3.83. The van der Waals surface area contributed by atoms with Crippen molar-refractivity contribution in [1.82, 2.24) is 9.97 Å². The summed E-state index contributed by atoms with van der Waals surface area (Å²) in [6.07, 6.45) is 1.70. The Balaban J connectivity index is 1.78. The molecule has 3 rings (SSSR count). The number of carbonyl (C=O) groups is 1. The van der Waals surface area contributed by atoms with E-state index in [1.165, 1.54) is 16.9 Å². The molecule has 0 aliphatic rings. The molecular formula is C19H19N3OS2. The lowest BCUT2D eigenvalue weighted by Gasteiger charge is -2.18. The Labute approximate surface area is 156 Å². The van der Waals surface area contributed by atoms with Crippen LogP contribution in [0, 0.1) is 4.64 Å². The second-order valence-corrected chi connectivity index (χ2v) is 8.00. The maximum absolute atomic E-state index is 12.3. The zero-order chi connectivity index (χ0) is 18.0. The number of aromatic nitrogens is 2. The number of nitrogens with one attached hydrogen (secondary N) is 2. The normalized spacial score (nSPS) is 11.3. The summed E-state index contributed by atoms with van der Waals surface area (Å²) in [6.45, 7) is 6.56. The molecule has 2 N–H and O–H groups in total. The van der Waals surface area contributed by atoms with Crippen molar-refractivity contribution in [2.75, 3.05) is 5.32 Å². The predicted octanol–water partition coefficient (Wildman–Crippen LogP) is 5.42. The van der Waals surface area contributed by atoms with Crippen molar-refractivity contribution < 1.29 is 4.79 Å². The molecule has 0 radical (unpaired) electrons. The average Bonchev–Trinajstić information content (AvgIpc) is 3.03. The van der Waals surface area contributed by atoms with Crippen LogP contribution in [0.4, 0.5) is 5.13 Å². The topological polar surface area (TPSA) is 57.8 Å². The van der Waals surface area contributed by atoms with Crippen LogP contribution >= 0.6 is 23.6 Å². The van der Waals surface area contributed by atoms with Crippen LogP contribution in [-0.2, 0) is 5.41 Å². The van der Waals surface area contributed by atoms with Crippen LogP contribution in [0.2, 0.25) is 0 Å². The lowest BCUT2D eigenvalue weighted by Crippen LogP contribution is -2.12. The van der Waals surface area contributed by atoms with Crippen LogP contribution in [0.25, 0.3) is 11.3 Å². The molecule has 0 saturated carbocycles. The fraction of sp³-hybridized carbons (Fsp3) is 0.211. The molecule has 2 aromatic heterocycles.